The number of nitro groups is 1. The number of alkyl halides is 3. The van der Waals surface area contributed by atoms with Crippen LogP contribution < -0.4 is 5.32 Å². The third-order valence-electron chi connectivity index (χ3n) is 4.54. The van der Waals surface area contributed by atoms with Crippen molar-refractivity contribution in [3.05, 3.63) is 69.2 Å². The van der Waals surface area contributed by atoms with E-state index in [0.29, 0.717) is 16.3 Å². The summed E-state index contributed by atoms with van der Waals surface area (Å²) in [4.78, 5) is 14.6. The Morgan fingerprint density at radius 3 is 2.41 bits per heavy atom. The van der Waals surface area contributed by atoms with Gasteiger partial charge in [-0.1, -0.05) is 12.1 Å². The summed E-state index contributed by atoms with van der Waals surface area (Å²) >= 11 is 1.16. The van der Waals surface area contributed by atoms with E-state index < -0.39 is 26.7 Å². The van der Waals surface area contributed by atoms with Gasteiger partial charge in [0.15, 0.2) is 0 Å². The van der Waals surface area contributed by atoms with E-state index in [2.05, 4.69) is 10.3 Å². The second-order valence-corrected chi connectivity index (χ2v) is 9.57. The molecule has 0 unspecified atom stereocenters. The number of halogens is 3. The highest BCUT2D eigenvalue weighted by Crippen LogP contribution is 2.32. The molecule has 1 aromatic heterocycles. The van der Waals surface area contributed by atoms with Crippen LogP contribution in [-0.4, -0.2) is 36.7 Å². The highest BCUT2D eigenvalue weighted by Gasteiger charge is 2.30. The molecule has 0 aliphatic carbocycles. The lowest BCUT2D eigenvalue weighted by atomic mass is 10.1. The largest absolute Gasteiger partial charge is 0.416 e. The van der Waals surface area contributed by atoms with Crippen molar-refractivity contribution in [1.82, 2.24) is 9.29 Å². The predicted molar refractivity (Wildman–Crippen MR) is 114 cm³/mol. The Balaban J connectivity index is 1.80. The lowest BCUT2D eigenvalue weighted by molar-refractivity contribution is -0.384. The van der Waals surface area contributed by atoms with Gasteiger partial charge in [0.2, 0.25) is 10.0 Å². The second-order valence-electron chi connectivity index (χ2n) is 6.67. The van der Waals surface area contributed by atoms with Crippen LogP contribution in [0, 0.1) is 10.1 Å². The summed E-state index contributed by atoms with van der Waals surface area (Å²) in [5.74, 6) is 0. The standard InChI is InChI=1S/C19H17F3N4O4S2/c1-23-16-8-7-15(9-17(16)26(27)28)32(29,30)25(2)10-14-11-31-18(24-14)12-3-5-13(6-4-12)19(20,21)22/h3-9,11,23H,10H2,1-2H3. The number of aromatic nitrogens is 1. The lowest BCUT2D eigenvalue weighted by Crippen LogP contribution is -2.26. The molecule has 3 rings (SSSR count). The number of anilines is 1. The molecular formula is C19H17F3N4O4S2. The fraction of sp³-hybridized carbons (Fsp3) is 0.211. The third kappa shape index (κ3) is 4.89. The van der Waals surface area contributed by atoms with Gasteiger partial charge < -0.3 is 5.32 Å². The average Bonchev–Trinajstić information content (AvgIpc) is 3.21. The summed E-state index contributed by atoms with van der Waals surface area (Å²) < 4.78 is 64.9. The Bertz CT molecular complexity index is 1240. The fourth-order valence-corrected chi connectivity index (χ4v) is 4.82. The van der Waals surface area contributed by atoms with Gasteiger partial charge in [-0.25, -0.2) is 13.4 Å². The van der Waals surface area contributed by atoms with Gasteiger partial charge >= 0.3 is 6.18 Å². The van der Waals surface area contributed by atoms with Crippen LogP contribution in [-0.2, 0) is 22.7 Å². The smallest absolute Gasteiger partial charge is 0.383 e. The number of rotatable bonds is 7. The Kier molecular flexibility index (Phi) is 6.53. The molecule has 0 saturated carbocycles. The fourth-order valence-electron chi connectivity index (χ4n) is 2.84. The average molecular weight is 486 g/mol. The maximum absolute atomic E-state index is 12.9. The number of nitrogens with zero attached hydrogens (tertiary/aromatic N) is 3. The first-order valence-corrected chi connectivity index (χ1v) is 11.3. The summed E-state index contributed by atoms with van der Waals surface area (Å²) in [7, 11) is -1.26. The quantitative estimate of drug-likeness (QED) is 0.387. The van der Waals surface area contributed by atoms with Crippen LogP contribution in [0.1, 0.15) is 11.3 Å². The molecule has 0 radical (unpaired) electrons. The van der Waals surface area contributed by atoms with Crippen molar-refractivity contribution in [2.75, 3.05) is 19.4 Å². The van der Waals surface area contributed by atoms with Gasteiger partial charge in [-0.3, -0.25) is 10.1 Å². The van der Waals surface area contributed by atoms with E-state index in [1.165, 1.54) is 38.4 Å². The number of benzene rings is 2. The van der Waals surface area contributed by atoms with Crippen molar-refractivity contribution in [3.8, 4) is 10.6 Å². The maximum atomic E-state index is 12.9. The van der Waals surface area contributed by atoms with Crippen molar-refractivity contribution < 1.29 is 26.5 Å². The number of hydrogen-bond donors (Lipinski definition) is 1. The number of thiazole rings is 1. The predicted octanol–water partition coefficient (Wildman–Crippen LogP) is 4.60. The zero-order valence-electron chi connectivity index (χ0n) is 16.8. The normalized spacial score (nSPS) is 12.2. The molecule has 1 N–H and O–H groups in total. The Hall–Kier alpha value is -3.03. The molecule has 0 fully saturated rings. The van der Waals surface area contributed by atoms with E-state index in [1.54, 1.807) is 5.38 Å². The molecular weight excluding hydrogens is 469 g/mol. The number of nitrogens with one attached hydrogen (secondary N) is 1. The molecule has 0 saturated heterocycles. The molecule has 1 heterocycles. The van der Waals surface area contributed by atoms with Crippen LogP contribution in [0.4, 0.5) is 24.5 Å². The minimum Gasteiger partial charge on any atom is -0.383 e. The van der Waals surface area contributed by atoms with Gasteiger partial charge in [0.1, 0.15) is 10.7 Å². The summed E-state index contributed by atoms with van der Waals surface area (Å²) in [5, 5.41) is 15.9. The number of sulfonamides is 1. The van der Waals surface area contributed by atoms with Gasteiger partial charge in [0, 0.05) is 31.1 Å². The van der Waals surface area contributed by atoms with Crippen LogP contribution in [0.3, 0.4) is 0 Å². The van der Waals surface area contributed by atoms with Crippen LogP contribution in [0.5, 0.6) is 0 Å². The zero-order chi connectivity index (χ0) is 23.7. The monoisotopic (exact) mass is 486 g/mol. The lowest BCUT2D eigenvalue weighted by Gasteiger charge is -2.16. The topological polar surface area (TPSA) is 105 Å². The Labute approximate surface area is 185 Å². The third-order valence-corrected chi connectivity index (χ3v) is 7.28. The maximum Gasteiger partial charge on any atom is 0.416 e. The van der Waals surface area contributed by atoms with Gasteiger partial charge in [0.25, 0.3) is 5.69 Å². The van der Waals surface area contributed by atoms with Gasteiger partial charge in [0.05, 0.1) is 27.6 Å². The molecule has 0 aliphatic rings. The first kappa shape index (κ1) is 23.6. The number of nitro benzene ring substituents is 1. The number of hydrogen-bond acceptors (Lipinski definition) is 7. The van der Waals surface area contributed by atoms with Crippen LogP contribution >= 0.6 is 11.3 Å². The van der Waals surface area contributed by atoms with Gasteiger partial charge in [-0.05, 0) is 24.3 Å². The molecule has 0 atom stereocenters. The molecule has 0 aliphatic heterocycles. The molecule has 170 valence electrons. The van der Waals surface area contributed by atoms with E-state index in [0.717, 1.165) is 33.8 Å². The summed E-state index contributed by atoms with van der Waals surface area (Å²) in [6.45, 7) is -0.124. The molecule has 13 heteroatoms. The second kappa shape index (κ2) is 8.84. The van der Waals surface area contributed by atoms with Crippen molar-refractivity contribution in [3.63, 3.8) is 0 Å². The van der Waals surface area contributed by atoms with E-state index in [1.807, 2.05) is 0 Å². The minimum absolute atomic E-state index is 0.124. The first-order chi connectivity index (χ1) is 14.9. The van der Waals surface area contributed by atoms with Gasteiger partial charge in [-0.2, -0.15) is 17.5 Å². The summed E-state index contributed by atoms with van der Waals surface area (Å²) in [5.41, 5.74) is -0.116. The van der Waals surface area contributed by atoms with Crippen molar-refractivity contribution in [1.29, 1.82) is 0 Å². The minimum atomic E-state index is -4.44. The van der Waals surface area contributed by atoms with E-state index in [9.17, 15) is 31.7 Å². The van der Waals surface area contributed by atoms with E-state index in [-0.39, 0.29) is 22.8 Å². The van der Waals surface area contributed by atoms with Crippen molar-refractivity contribution in [2.24, 2.45) is 0 Å². The van der Waals surface area contributed by atoms with Crippen LogP contribution in [0.25, 0.3) is 10.6 Å². The SMILES string of the molecule is CNc1ccc(S(=O)(=O)N(C)Cc2csc(-c3ccc(C(F)(F)F)cc3)n2)cc1[N+](=O)[O-]. The molecule has 0 amide bonds. The molecule has 8 nitrogen and oxygen atoms in total. The highest BCUT2D eigenvalue weighted by molar-refractivity contribution is 7.89. The summed E-state index contributed by atoms with van der Waals surface area (Å²) in [6, 6.07) is 8.06. The van der Waals surface area contributed by atoms with Gasteiger partial charge in [-0.15, -0.1) is 11.3 Å². The molecule has 0 bridgehead atoms. The van der Waals surface area contributed by atoms with Crippen LogP contribution in [0.15, 0.2) is 52.7 Å². The van der Waals surface area contributed by atoms with Crippen molar-refractivity contribution >= 4 is 32.7 Å². The molecule has 2 aromatic carbocycles. The molecule has 3 aromatic rings. The van der Waals surface area contributed by atoms with Crippen LogP contribution in [0.2, 0.25) is 0 Å². The molecule has 32 heavy (non-hydrogen) atoms. The Morgan fingerprint density at radius 2 is 1.84 bits per heavy atom. The zero-order valence-corrected chi connectivity index (χ0v) is 18.4. The summed E-state index contributed by atoms with van der Waals surface area (Å²) in [6.07, 6.45) is -4.44. The Morgan fingerprint density at radius 1 is 1.19 bits per heavy atom. The highest BCUT2D eigenvalue weighted by atomic mass is 32.2. The van der Waals surface area contributed by atoms with Crippen molar-refractivity contribution in [2.45, 2.75) is 17.6 Å². The first-order valence-electron chi connectivity index (χ1n) is 8.98. The van der Waals surface area contributed by atoms with E-state index >= 15 is 0 Å². The molecule has 0 spiro atoms. The van der Waals surface area contributed by atoms with E-state index in [4.69, 9.17) is 0 Å².